The lowest BCUT2D eigenvalue weighted by molar-refractivity contribution is -0.111. The standard InChI is InChI=1S/C20H21FN2O4S/c1-13-11-16(13)19-7-4-15(27-19)5-8-20(24)22-14-3-6-17(21)18(12-14)23-9-2-10-28(23,25)26/h3-8,12-13,16H,2,9-11H2,1H3,(H,22,24). The van der Waals surface area contributed by atoms with E-state index in [0.29, 0.717) is 29.7 Å². The van der Waals surface area contributed by atoms with Crippen LogP contribution in [0.1, 0.15) is 37.2 Å². The van der Waals surface area contributed by atoms with Gasteiger partial charge >= 0.3 is 0 Å². The number of hydrogen-bond donors (Lipinski definition) is 1. The smallest absolute Gasteiger partial charge is 0.248 e. The molecule has 28 heavy (non-hydrogen) atoms. The summed E-state index contributed by atoms with van der Waals surface area (Å²) in [5, 5.41) is 2.62. The van der Waals surface area contributed by atoms with Crippen LogP contribution in [0.3, 0.4) is 0 Å². The van der Waals surface area contributed by atoms with Gasteiger partial charge in [0.05, 0.1) is 11.4 Å². The second kappa shape index (κ2) is 7.09. The largest absolute Gasteiger partial charge is 0.461 e. The Labute approximate surface area is 163 Å². The number of sulfonamides is 1. The van der Waals surface area contributed by atoms with Gasteiger partial charge in [0.1, 0.15) is 17.3 Å². The first-order valence-corrected chi connectivity index (χ1v) is 10.8. The minimum Gasteiger partial charge on any atom is -0.461 e. The second-order valence-electron chi connectivity index (χ2n) is 7.29. The summed E-state index contributed by atoms with van der Waals surface area (Å²) in [6, 6.07) is 7.63. The van der Waals surface area contributed by atoms with E-state index in [1.807, 2.05) is 12.1 Å². The van der Waals surface area contributed by atoms with Gasteiger partial charge in [-0.15, -0.1) is 0 Å². The normalized spacial score (nSPS) is 23.3. The van der Waals surface area contributed by atoms with E-state index in [2.05, 4.69) is 12.2 Å². The fourth-order valence-electron chi connectivity index (χ4n) is 3.41. The lowest BCUT2D eigenvalue weighted by Gasteiger charge is -2.18. The molecule has 4 rings (SSSR count). The topological polar surface area (TPSA) is 79.6 Å². The van der Waals surface area contributed by atoms with E-state index >= 15 is 0 Å². The molecule has 1 aromatic carbocycles. The molecular formula is C20H21FN2O4S. The van der Waals surface area contributed by atoms with Crippen LogP contribution in [-0.4, -0.2) is 26.6 Å². The summed E-state index contributed by atoms with van der Waals surface area (Å²) in [6.45, 7) is 2.40. The van der Waals surface area contributed by atoms with Crippen molar-refractivity contribution in [1.82, 2.24) is 0 Å². The highest BCUT2D eigenvalue weighted by Gasteiger charge is 2.36. The van der Waals surface area contributed by atoms with Gasteiger partial charge in [-0.25, -0.2) is 12.8 Å². The molecule has 0 spiro atoms. The van der Waals surface area contributed by atoms with Crippen LogP contribution >= 0.6 is 0 Å². The highest BCUT2D eigenvalue weighted by molar-refractivity contribution is 7.93. The fourth-order valence-corrected chi connectivity index (χ4v) is 4.97. The SMILES string of the molecule is CC1CC1c1ccc(C=CC(=O)Nc2ccc(F)c(N3CCCS3(=O)=O)c2)o1. The van der Waals surface area contributed by atoms with Crippen LogP contribution in [0, 0.1) is 11.7 Å². The molecule has 1 aliphatic heterocycles. The summed E-state index contributed by atoms with van der Waals surface area (Å²) >= 11 is 0. The lowest BCUT2D eigenvalue weighted by atomic mass is 10.2. The van der Waals surface area contributed by atoms with E-state index in [9.17, 15) is 17.6 Å². The average Bonchev–Trinajstić information content (AvgIpc) is 3.04. The predicted molar refractivity (Wildman–Crippen MR) is 105 cm³/mol. The lowest BCUT2D eigenvalue weighted by Crippen LogP contribution is -2.26. The zero-order valence-corrected chi connectivity index (χ0v) is 16.2. The van der Waals surface area contributed by atoms with Crippen molar-refractivity contribution < 1.29 is 22.0 Å². The Morgan fingerprint density at radius 1 is 1.32 bits per heavy atom. The molecule has 1 saturated heterocycles. The van der Waals surface area contributed by atoms with Crippen LogP contribution in [0.4, 0.5) is 15.8 Å². The molecule has 2 aromatic rings. The van der Waals surface area contributed by atoms with Gasteiger partial charge in [0, 0.05) is 24.2 Å². The average molecular weight is 404 g/mol. The maximum Gasteiger partial charge on any atom is 0.248 e. The van der Waals surface area contributed by atoms with Gasteiger partial charge in [0.15, 0.2) is 0 Å². The summed E-state index contributed by atoms with van der Waals surface area (Å²) < 4.78 is 45.0. The number of nitrogens with zero attached hydrogens (tertiary/aromatic N) is 1. The number of anilines is 2. The maximum atomic E-state index is 14.1. The quantitative estimate of drug-likeness (QED) is 0.770. The van der Waals surface area contributed by atoms with Crippen LogP contribution in [0.2, 0.25) is 0 Å². The van der Waals surface area contributed by atoms with Crippen molar-refractivity contribution in [1.29, 1.82) is 0 Å². The van der Waals surface area contributed by atoms with Gasteiger partial charge in [-0.2, -0.15) is 0 Å². The zero-order valence-electron chi connectivity index (χ0n) is 15.4. The summed E-state index contributed by atoms with van der Waals surface area (Å²) in [5.74, 6) is 1.57. The van der Waals surface area contributed by atoms with Gasteiger partial charge in [0.2, 0.25) is 15.9 Å². The van der Waals surface area contributed by atoms with Crippen molar-refractivity contribution in [2.75, 3.05) is 21.9 Å². The number of benzene rings is 1. The number of carbonyl (C=O) groups is 1. The molecule has 2 fully saturated rings. The highest BCUT2D eigenvalue weighted by Crippen LogP contribution is 2.47. The van der Waals surface area contributed by atoms with E-state index in [1.54, 1.807) is 6.08 Å². The van der Waals surface area contributed by atoms with E-state index in [-0.39, 0.29) is 18.0 Å². The van der Waals surface area contributed by atoms with E-state index in [4.69, 9.17) is 4.42 Å². The molecule has 1 saturated carbocycles. The van der Waals surface area contributed by atoms with E-state index < -0.39 is 21.7 Å². The molecule has 6 nitrogen and oxygen atoms in total. The molecule has 2 heterocycles. The Bertz CT molecular complexity index is 1040. The Morgan fingerprint density at radius 3 is 2.79 bits per heavy atom. The minimum atomic E-state index is -3.50. The molecule has 2 aliphatic rings. The molecule has 8 heteroatoms. The monoisotopic (exact) mass is 404 g/mol. The van der Waals surface area contributed by atoms with Crippen molar-refractivity contribution in [3.63, 3.8) is 0 Å². The Morgan fingerprint density at radius 2 is 2.11 bits per heavy atom. The molecule has 2 atom stereocenters. The summed E-state index contributed by atoms with van der Waals surface area (Å²) in [6.07, 6.45) is 4.47. The van der Waals surface area contributed by atoms with E-state index in [1.165, 1.54) is 18.2 Å². The number of hydrogen-bond acceptors (Lipinski definition) is 4. The predicted octanol–water partition coefficient (Wildman–Crippen LogP) is 3.73. The third-order valence-corrected chi connectivity index (χ3v) is 6.96. The minimum absolute atomic E-state index is 0.00344. The van der Waals surface area contributed by atoms with Crippen LogP contribution in [0.15, 0.2) is 40.8 Å². The van der Waals surface area contributed by atoms with Gasteiger partial charge in [0.25, 0.3) is 0 Å². The summed E-state index contributed by atoms with van der Waals surface area (Å²) in [7, 11) is -3.50. The third kappa shape index (κ3) is 3.82. The Hall–Kier alpha value is -2.61. The molecule has 1 amide bonds. The zero-order chi connectivity index (χ0) is 19.9. The Balaban J connectivity index is 1.44. The first-order valence-electron chi connectivity index (χ1n) is 9.22. The van der Waals surface area contributed by atoms with Gasteiger partial charge in [-0.3, -0.25) is 9.10 Å². The van der Waals surface area contributed by atoms with Crippen molar-refractivity contribution >= 4 is 33.4 Å². The van der Waals surface area contributed by atoms with Crippen molar-refractivity contribution in [2.45, 2.75) is 25.7 Å². The van der Waals surface area contributed by atoms with Gasteiger partial charge in [-0.05, 0) is 55.2 Å². The second-order valence-corrected chi connectivity index (χ2v) is 9.30. The Kier molecular flexibility index (Phi) is 4.74. The fraction of sp³-hybridized carbons (Fsp3) is 0.350. The van der Waals surface area contributed by atoms with Crippen LogP contribution in [0.25, 0.3) is 6.08 Å². The van der Waals surface area contributed by atoms with Gasteiger partial charge in [-0.1, -0.05) is 6.92 Å². The number of furan rings is 1. The first-order chi connectivity index (χ1) is 13.3. The number of amides is 1. The van der Waals surface area contributed by atoms with Crippen molar-refractivity contribution in [2.24, 2.45) is 5.92 Å². The molecule has 1 aliphatic carbocycles. The van der Waals surface area contributed by atoms with E-state index in [0.717, 1.165) is 22.6 Å². The number of rotatable bonds is 5. The highest BCUT2D eigenvalue weighted by atomic mass is 32.2. The van der Waals surface area contributed by atoms with Crippen molar-refractivity contribution in [3.05, 3.63) is 53.7 Å². The summed E-state index contributed by atoms with van der Waals surface area (Å²) in [5.41, 5.74) is 0.272. The van der Waals surface area contributed by atoms with Crippen molar-refractivity contribution in [3.8, 4) is 0 Å². The van der Waals surface area contributed by atoms with Crippen LogP contribution in [-0.2, 0) is 14.8 Å². The molecule has 1 aromatic heterocycles. The molecule has 148 valence electrons. The molecule has 1 N–H and O–H groups in total. The number of halogens is 1. The molecular weight excluding hydrogens is 383 g/mol. The van der Waals surface area contributed by atoms with Gasteiger partial charge < -0.3 is 9.73 Å². The number of nitrogens with one attached hydrogen (secondary N) is 1. The molecule has 0 radical (unpaired) electrons. The molecule has 0 bridgehead atoms. The van der Waals surface area contributed by atoms with Crippen LogP contribution in [0.5, 0.6) is 0 Å². The first kappa shape index (κ1) is 18.7. The molecule has 2 unspecified atom stereocenters. The third-order valence-electron chi connectivity index (χ3n) is 5.10. The van der Waals surface area contributed by atoms with Crippen LogP contribution < -0.4 is 9.62 Å². The maximum absolute atomic E-state index is 14.1. The summed E-state index contributed by atoms with van der Waals surface area (Å²) in [4.78, 5) is 12.2. The number of carbonyl (C=O) groups excluding carboxylic acids is 1.